The fraction of sp³-hybridized carbons (Fsp3) is 0.393. The minimum atomic E-state index is 0.0935. The Hall–Kier alpha value is -3.53. The Morgan fingerprint density at radius 2 is 1.62 bits per heavy atom. The fourth-order valence-corrected chi connectivity index (χ4v) is 4.83. The monoisotopic (exact) mass is 501 g/mol. The van der Waals surface area contributed by atoms with Gasteiger partial charge in [0, 0.05) is 75.9 Å². The van der Waals surface area contributed by atoms with E-state index in [9.17, 15) is 4.79 Å². The molecule has 0 aliphatic carbocycles. The summed E-state index contributed by atoms with van der Waals surface area (Å²) >= 11 is 0. The van der Waals surface area contributed by atoms with Crippen molar-refractivity contribution in [3.8, 4) is 17.0 Å². The van der Waals surface area contributed by atoms with Gasteiger partial charge in [0.05, 0.1) is 19.3 Å². The normalized spacial score (nSPS) is 21.2. The molecule has 5 aliphatic heterocycles. The lowest BCUT2D eigenvalue weighted by atomic mass is 10.1. The molecule has 37 heavy (non-hydrogen) atoms. The molecule has 6 heterocycles. The van der Waals surface area contributed by atoms with Gasteiger partial charge in [-0.05, 0) is 36.4 Å². The van der Waals surface area contributed by atoms with E-state index in [0.717, 1.165) is 74.1 Å². The van der Waals surface area contributed by atoms with Gasteiger partial charge in [-0.2, -0.15) is 0 Å². The molecule has 2 N–H and O–H groups in total. The topological polar surface area (TPSA) is 85.9 Å². The fourth-order valence-electron chi connectivity index (χ4n) is 4.83. The smallest absolute Gasteiger partial charge is 0.234 e. The Kier molecular flexibility index (Phi) is 7.93. The molecule has 1 saturated heterocycles. The number of ether oxygens (including phenoxy) is 1. The number of carbonyl (C=O) groups is 1. The van der Waals surface area contributed by atoms with Gasteiger partial charge in [0.2, 0.25) is 11.9 Å². The first kappa shape index (κ1) is 25.1. The first-order valence-corrected chi connectivity index (χ1v) is 12.8. The van der Waals surface area contributed by atoms with E-state index in [-0.39, 0.29) is 5.91 Å². The number of rotatable bonds is 1. The van der Waals surface area contributed by atoms with E-state index in [0.29, 0.717) is 19.0 Å². The van der Waals surface area contributed by atoms with Crippen molar-refractivity contribution in [2.24, 2.45) is 0 Å². The molecule has 9 nitrogen and oxygen atoms in total. The summed E-state index contributed by atoms with van der Waals surface area (Å²) in [5, 5.41) is 6.45. The maximum absolute atomic E-state index is 12.5. The highest BCUT2D eigenvalue weighted by molar-refractivity contribution is 5.78. The van der Waals surface area contributed by atoms with Gasteiger partial charge < -0.3 is 20.3 Å². The Labute approximate surface area is 218 Å². The number of hydrogen-bond acceptors (Lipinski definition) is 8. The molecule has 5 aliphatic rings. The van der Waals surface area contributed by atoms with Crippen molar-refractivity contribution in [2.75, 3.05) is 65.3 Å². The van der Waals surface area contributed by atoms with Crippen LogP contribution < -0.4 is 15.4 Å². The molecule has 8 rings (SSSR count). The summed E-state index contributed by atoms with van der Waals surface area (Å²) in [5.41, 5.74) is 5.15. The van der Waals surface area contributed by atoms with Crippen molar-refractivity contribution in [1.82, 2.24) is 30.0 Å². The third-order valence-electron chi connectivity index (χ3n) is 6.87. The standard InChI is InChI=1S/C28H35N7O2/c1-33-10-9-29-27(36)20-35-13-11-34(12-14-35)19-22-15-24(17-25(16-22)37-2)31-28-30-8-7-26(32-28)23-5-3-21(18-33)4-6-23/h3-8,15-17H,9-14,18-20H2,1-2H3,(H,29,36)(H,30,31,32). The van der Waals surface area contributed by atoms with Crippen molar-refractivity contribution in [3.05, 3.63) is 65.9 Å². The van der Waals surface area contributed by atoms with Crippen molar-refractivity contribution < 1.29 is 9.53 Å². The molecule has 0 radical (unpaired) electrons. The highest BCUT2D eigenvalue weighted by atomic mass is 16.5. The highest BCUT2D eigenvalue weighted by Crippen LogP contribution is 2.25. The number of piperazine rings is 1. The lowest BCUT2D eigenvalue weighted by molar-refractivity contribution is -0.122. The van der Waals surface area contributed by atoms with Gasteiger partial charge in [-0.15, -0.1) is 0 Å². The second-order valence-corrected chi connectivity index (χ2v) is 9.80. The molecule has 194 valence electrons. The molecule has 1 fully saturated rings. The van der Waals surface area contributed by atoms with E-state index < -0.39 is 0 Å². The first-order chi connectivity index (χ1) is 18.0. The molecule has 2 aromatic carbocycles. The second-order valence-electron chi connectivity index (χ2n) is 9.80. The predicted molar refractivity (Wildman–Crippen MR) is 145 cm³/mol. The molecule has 3 aromatic rings. The highest BCUT2D eigenvalue weighted by Gasteiger charge is 2.19. The summed E-state index contributed by atoms with van der Waals surface area (Å²) in [7, 11) is 3.76. The van der Waals surface area contributed by atoms with Crippen molar-refractivity contribution in [3.63, 3.8) is 0 Å². The molecule has 9 heteroatoms. The van der Waals surface area contributed by atoms with Gasteiger partial charge >= 0.3 is 0 Å². The van der Waals surface area contributed by atoms with E-state index in [4.69, 9.17) is 9.72 Å². The zero-order chi connectivity index (χ0) is 25.6. The number of benzene rings is 2. The lowest BCUT2D eigenvalue weighted by Gasteiger charge is -2.34. The molecule has 1 aromatic heterocycles. The molecule has 0 spiro atoms. The van der Waals surface area contributed by atoms with Crippen LogP contribution in [-0.2, 0) is 17.9 Å². The lowest BCUT2D eigenvalue weighted by Crippen LogP contribution is -2.49. The van der Waals surface area contributed by atoms with Crippen LogP contribution in [0.25, 0.3) is 11.3 Å². The predicted octanol–water partition coefficient (Wildman–Crippen LogP) is 2.58. The SMILES string of the molecule is COc1cc2cc(c1)Nc1nccc(n1)-c1ccc(cc1)CN(C)CCNC(=O)CN1CCN(CC1)C2. The van der Waals surface area contributed by atoms with Crippen LogP contribution in [0.1, 0.15) is 11.1 Å². The summed E-state index contributed by atoms with van der Waals surface area (Å²) in [4.78, 5) is 28.6. The Morgan fingerprint density at radius 3 is 2.38 bits per heavy atom. The molecular weight excluding hydrogens is 466 g/mol. The maximum atomic E-state index is 12.5. The Balaban J connectivity index is 1.41. The number of hydrogen-bond donors (Lipinski definition) is 2. The summed E-state index contributed by atoms with van der Waals surface area (Å²) in [6.07, 6.45) is 1.78. The van der Waals surface area contributed by atoms with Gasteiger partial charge in [-0.1, -0.05) is 24.3 Å². The van der Waals surface area contributed by atoms with E-state index in [1.54, 1.807) is 13.3 Å². The number of amides is 1. The van der Waals surface area contributed by atoms with Gasteiger partial charge in [0.25, 0.3) is 0 Å². The van der Waals surface area contributed by atoms with Crippen LogP contribution in [0.3, 0.4) is 0 Å². The average Bonchev–Trinajstić information content (AvgIpc) is 2.90. The minimum Gasteiger partial charge on any atom is -0.497 e. The second kappa shape index (κ2) is 11.7. The molecule has 0 atom stereocenters. The zero-order valence-corrected chi connectivity index (χ0v) is 21.6. The number of nitrogens with one attached hydrogen (secondary N) is 2. The summed E-state index contributed by atoms with van der Waals surface area (Å²) in [5.74, 6) is 1.43. The van der Waals surface area contributed by atoms with Crippen molar-refractivity contribution >= 4 is 17.5 Å². The van der Waals surface area contributed by atoms with Gasteiger partial charge in [0.15, 0.2) is 0 Å². The first-order valence-electron chi connectivity index (χ1n) is 12.8. The van der Waals surface area contributed by atoms with Crippen LogP contribution in [0.2, 0.25) is 0 Å². The zero-order valence-electron chi connectivity index (χ0n) is 21.6. The number of methoxy groups -OCH3 is 1. The van der Waals surface area contributed by atoms with E-state index >= 15 is 0 Å². The molecule has 1 amide bonds. The quantitative estimate of drug-likeness (QED) is 0.526. The Morgan fingerprint density at radius 1 is 0.865 bits per heavy atom. The minimum absolute atomic E-state index is 0.0935. The van der Waals surface area contributed by atoms with Crippen molar-refractivity contribution in [1.29, 1.82) is 0 Å². The van der Waals surface area contributed by atoms with Gasteiger partial charge in [-0.25, -0.2) is 9.97 Å². The van der Waals surface area contributed by atoms with E-state index in [1.807, 2.05) is 12.1 Å². The van der Waals surface area contributed by atoms with Crippen LogP contribution >= 0.6 is 0 Å². The number of likely N-dealkylation sites (N-methyl/N-ethyl adjacent to an activating group) is 1. The number of anilines is 2. The number of carbonyl (C=O) groups excluding carboxylic acids is 1. The van der Waals surface area contributed by atoms with Crippen LogP contribution in [0.4, 0.5) is 11.6 Å². The number of aromatic nitrogens is 2. The van der Waals surface area contributed by atoms with Gasteiger partial charge in [0.1, 0.15) is 5.75 Å². The summed E-state index contributed by atoms with van der Waals surface area (Å²) < 4.78 is 5.58. The van der Waals surface area contributed by atoms with Crippen LogP contribution in [0, 0.1) is 0 Å². The number of nitrogens with zero attached hydrogens (tertiary/aromatic N) is 5. The van der Waals surface area contributed by atoms with Crippen LogP contribution in [0.5, 0.6) is 5.75 Å². The third-order valence-corrected chi connectivity index (χ3v) is 6.87. The Bertz CT molecular complexity index is 1210. The van der Waals surface area contributed by atoms with Crippen molar-refractivity contribution in [2.45, 2.75) is 13.1 Å². The largest absolute Gasteiger partial charge is 0.497 e. The van der Waals surface area contributed by atoms with Crippen LogP contribution in [0.15, 0.2) is 54.7 Å². The van der Waals surface area contributed by atoms with Crippen LogP contribution in [-0.4, -0.2) is 90.5 Å². The van der Waals surface area contributed by atoms with Gasteiger partial charge in [-0.3, -0.25) is 14.6 Å². The molecule has 0 saturated carbocycles. The molecular formula is C28H35N7O2. The maximum Gasteiger partial charge on any atom is 0.234 e. The van der Waals surface area contributed by atoms with E-state index in [1.165, 1.54) is 5.56 Å². The molecule has 0 unspecified atom stereocenters. The molecule has 8 bridgehead atoms. The summed E-state index contributed by atoms with van der Waals surface area (Å²) in [6, 6.07) is 16.5. The average molecular weight is 502 g/mol. The third kappa shape index (κ3) is 6.82. The summed E-state index contributed by atoms with van der Waals surface area (Å²) in [6.45, 7) is 7.09. The van der Waals surface area contributed by atoms with E-state index in [2.05, 4.69) is 73.8 Å².